The second kappa shape index (κ2) is 6.93. The zero-order valence-corrected chi connectivity index (χ0v) is 14.4. The van der Waals surface area contributed by atoms with Gasteiger partial charge >= 0.3 is 0 Å². The maximum atomic E-state index is 12.5. The quantitative estimate of drug-likeness (QED) is 0.633. The number of rotatable bonds is 3. The molecule has 3 heteroatoms. The number of thioether (sulfide) groups is 1. The van der Waals surface area contributed by atoms with Gasteiger partial charge in [0.2, 0.25) is 5.12 Å². The van der Waals surface area contributed by atoms with Crippen LogP contribution in [0.25, 0.3) is 11.1 Å². The molecule has 24 heavy (non-hydrogen) atoms. The Balaban J connectivity index is 1.91. The number of phenols is 1. The van der Waals surface area contributed by atoms with Crippen LogP contribution in [0.15, 0.2) is 71.6 Å². The van der Waals surface area contributed by atoms with E-state index in [-0.39, 0.29) is 5.12 Å². The molecule has 1 N–H and O–H groups in total. The van der Waals surface area contributed by atoms with Crippen molar-refractivity contribution in [3.8, 4) is 16.9 Å². The molecule has 0 atom stereocenters. The van der Waals surface area contributed by atoms with E-state index in [0.29, 0.717) is 11.3 Å². The molecule has 0 saturated heterocycles. The molecule has 0 unspecified atom stereocenters. The molecular weight excluding hydrogens is 316 g/mol. The van der Waals surface area contributed by atoms with Crippen molar-refractivity contribution in [1.29, 1.82) is 0 Å². The van der Waals surface area contributed by atoms with Crippen LogP contribution in [0.3, 0.4) is 0 Å². The van der Waals surface area contributed by atoms with Crippen LogP contribution in [0.4, 0.5) is 0 Å². The van der Waals surface area contributed by atoms with Crippen LogP contribution in [-0.2, 0) is 0 Å². The fraction of sp³-hybridized carbons (Fsp3) is 0.0952. The third kappa shape index (κ3) is 3.52. The lowest BCUT2D eigenvalue weighted by molar-refractivity contribution is 0.108. The predicted octanol–water partition coefficient (Wildman–Crippen LogP) is 5.61. The first-order chi connectivity index (χ1) is 11.5. The van der Waals surface area contributed by atoms with Gasteiger partial charge in [-0.15, -0.1) is 0 Å². The van der Waals surface area contributed by atoms with E-state index < -0.39 is 0 Å². The van der Waals surface area contributed by atoms with Gasteiger partial charge in [-0.2, -0.15) is 0 Å². The molecular formula is C21H18O2S. The van der Waals surface area contributed by atoms with Crippen LogP contribution in [0.2, 0.25) is 0 Å². The molecule has 0 fully saturated rings. The largest absolute Gasteiger partial charge is 0.507 e. The highest BCUT2D eigenvalue weighted by Crippen LogP contribution is 2.30. The summed E-state index contributed by atoms with van der Waals surface area (Å²) >= 11 is 1.23. The van der Waals surface area contributed by atoms with Crippen LogP contribution in [0.5, 0.6) is 5.75 Å². The molecule has 0 aliphatic rings. The lowest BCUT2D eigenvalue weighted by Crippen LogP contribution is -1.94. The second-order valence-corrected chi connectivity index (χ2v) is 6.79. The minimum Gasteiger partial charge on any atom is -0.507 e. The highest BCUT2D eigenvalue weighted by Gasteiger charge is 2.11. The summed E-state index contributed by atoms with van der Waals surface area (Å²) in [6, 6.07) is 21.1. The van der Waals surface area contributed by atoms with Crippen molar-refractivity contribution < 1.29 is 9.90 Å². The smallest absolute Gasteiger partial charge is 0.224 e. The SMILES string of the molecule is Cc1cc(-c2cccc(C(=O)Sc3ccccc3)c2)cc(C)c1O. The monoisotopic (exact) mass is 334 g/mol. The van der Waals surface area contributed by atoms with Crippen molar-refractivity contribution >= 4 is 16.9 Å². The second-order valence-electron chi connectivity index (χ2n) is 5.74. The van der Waals surface area contributed by atoms with Crippen molar-refractivity contribution in [3.63, 3.8) is 0 Å². The average molecular weight is 334 g/mol. The molecule has 0 heterocycles. The van der Waals surface area contributed by atoms with E-state index in [1.807, 2.05) is 80.6 Å². The van der Waals surface area contributed by atoms with Crippen molar-refractivity contribution in [2.45, 2.75) is 18.7 Å². The lowest BCUT2D eigenvalue weighted by Gasteiger charge is -2.09. The molecule has 0 spiro atoms. The van der Waals surface area contributed by atoms with E-state index in [0.717, 1.165) is 27.1 Å². The van der Waals surface area contributed by atoms with E-state index >= 15 is 0 Å². The van der Waals surface area contributed by atoms with Crippen molar-refractivity contribution in [1.82, 2.24) is 0 Å². The Hall–Kier alpha value is -2.52. The van der Waals surface area contributed by atoms with Gasteiger partial charge in [-0.1, -0.05) is 36.4 Å². The first-order valence-electron chi connectivity index (χ1n) is 7.72. The third-order valence-electron chi connectivity index (χ3n) is 3.88. The standard InChI is InChI=1S/C21H18O2S/c1-14-11-18(12-15(2)20(14)22)16-7-6-8-17(13-16)21(23)24-19-9-4-3-5-10-19/h3-13,22H,1-2H3. The third-order valence-corrected chi connectivity index (χ3v) is 4.81. The summed E-state index contributed by atoms with van der Waals surface area (Å²) in [6.07, 6.45) is 0. The van der Waals surface area contributed by atoms with E-state index in [1.165, 1.54) is 11.8 Å². The van der Waals surface area contributed by atoms with E-state index in [4.69, 9.17) is 0 Å². The van der Waals surface area contributed by atoms with Crippen molar-refractivity contribution in [2.24, 2.45) is 0 Å². The van der Waals surface area contributed by atoms with Crippen molar-refractivity contribution in [3.05, 3.63) is 83.4 Å². The highest BCUT2D eigenvalue weighted by molar-refractivity contribution is 8.14. The molecule has 120 valence electrons. The molecule has 0 amide bonds. The molecule has 3 rings (SSSR count). The molecule has 0 aromatic heterocycles. The van der Waals surface area contributed by atoms with Gasteiger partial charge in [0.15, 0.2) is 0 Å². The van der Waals surface area contributed by atoms with Crippen molar-refractivity contribution in [2.75, 3.05) is 0 Å². The normalized spacial score (nSPS) is 10.6. The molecule has 0 aliphatic carbocycles. The fourth-order valence-electron chi connectivity index (χ4n) is 2.60. The molecule has 3 aromatic carbocycles. The predicted molar refractivity (Wildman–Crippen MR) is 99.6 cm³/mol. The Bertz CT molecular complexity index is 862. The van der Waals surface area contributed by atoms with Gasteiger partial charge in [0.05, 0.1) is 0 Å². The Morgan fingerprint density at radius 1 is 0.833 bits per heavy atom. The van der Waals surface area contributed by atoms with Gasteiger partial charge < -0.3 is 5.11 Å². The van der Waals surface area contributed by atoms with Gasteiger partial charge in [-0.05, 0) is 78.2 Å². The average Bonchev–Trinajstić information content (AvgIpc) is 2.60. The van der Waals surface area contributed by atoms with Crippen LogP contribution in [0.1, 0.15) is 21.5 Å². The van der Waals surface area contributed by atoms with Crippen LogP contribution in [0, 0.1) is 13.8 Å². The Morgan fingerprint density at radius 2 is 1.50 bits per heavy atom. The Morgan fingerprint density at radius 3 is 2.17 bits per heavy atom. The topological polar surface area (TPSA) is 37.3 Å². The molecule has 2 nitrogen and oxygen atoms in total. The zero-order valence-electron chi connectivity index (χ0n) is 13.6. The highest BCUT2D eigenvalue weighted by atomic mass is 32.2. The zero-order chi connectivity index (χ0) is 17.1. The summed E-state index contributed by atoms with van der Waals surface area (Å²) < 4.78 is 0. The summed E-state index contributed by atoms with van der Waals surface area (Å²) in [4.78, 5) is 13.4. The first-order valence-corrected chi connectivity index (χ1v) is 8.54. The number of hydrogen-bond donors (Lipinski definition) is 1. The van der Waals surface area contributed by atoms with Gasteiger partial charge in [-0.25, -0.2) is 0 Å². The van der Waals surface area contributed by atoms with Gasteiger partial charge in [0.1, 0.15) is 5.75 Å². The Kier molecular flexibility index (Phi) is 4.72. The van der Waals surface area contributed by atoms with E-state index in [9.17, 15) is 9.90 Å². The number of phenolic OH excluding ortho intramolecular Hbond substituents is 1. The molecule has 0 aliphatic heterocycles. The number of carbonyl (C=O) groups is 1. The number of hydrogen-bond acceptors (Lipinski definition) is 3. The fourth-order valence-corrected chi connectivity index (χ4v) is 3.35. The summed E-state index contributed by atoms with van der Waals surface area (Å²) in [5.41, 5.74) is 4.31. The minimum absolute atomic E-state index is 0.0234. The van der Waals surface area contributed by atoms with Gasteiger partial charge in [0, 0.05) is 10.5 Å². The van der Waals surface area contributed by atoms with Crippen LogP contribution in [-0.4, -0.2) is 10.2 Å². The number of carbonyl (C=O) groups excluding carboxylic acids is 1. The molecule has 0 bridgehead atoms. The van der Waals surface area contributed by atoms with E-state index in [1.54, 1.807) is 0 Å². The minimum atomic E-state index is 0.0234. The van der Waals surface area contributed by atoms with Crippen LogP contribution < -0.4 is 0 Å². The van der Waals surface area contributed by atoms with Gasteiger partial charge in [-0.3, -0.25) is 4.79 Å². The molecule has 0 saturated carbocycles. The maximum Gasteiger partial charge on any atom is 0.224 e. The summed E-state index contributed by atoms with van der Waals surface area (Å²) in [5, 5.41) is 9.95. The number of benzene rings is 3. The first kappa shape index (κ1) is 16.3. The Labute approximate surface area is 146 Å². The van der Waals surface area contributed by atoms with Crippen LogP contribution >= 0.6 is 11.8 Å². The summed E-state index contributed by atoms with van der Waals surface area (Å²) in [5.74, 6) is 0.325. The summed E-state index contributed by atoms with van der Waals surface area (Å²) in [6.45, 7) is 3.76. The molecule has 3 aromatic rings. The van der Waals surface area contributed by atoms with Gasteiger partial charge in [0.25, 0.3) is 0 Å². The molecule has 0 radical (unpaired) electrons. The van der Waals surface area contributed by atoms with E-state index in [2.05, 4.69) is 0 Å². The maximum absolute atomic E-state index is 12.5. The number of aryl methyl sites for hydroxylation is 2. The number of aromatic hydroxyl groups is 1. The lowest BCUT2D eigenvalue weighted by atomic mass is 9.98. The summed E-state index contributed by atoms with van der Waals surface area (Å²) in [7, 11) is 0.